The first-order valence-corrected chi connectivity index (χ1v) is 8.63. The highest BCUT2D eigenvalue weighted by Crippen LogP contribution is 2.42. The highest BCUT2D eigenvalue weighted by Gasteiger charge is 2.37. The second-order valence-electron chi connectivity index (χ2n) is 6.13. The van der Waals surface area contributed by atoms with Crippen LogP contribution in [0.1, 0.15) is 27.4 Å². The first-order chi connectivity index (χ1) is 12.6. The minimum atomic E-state index is -0.483. The zero-order chi connectivity index (χ0) is 18.1. The molecule has 3 aromatic carbocycles. The highest BCUT2D eigenvalue weighted by atomic mass is 35.5. The fourth-order valence-electron chi connectivity index (χ4n) is 3.32. The van der Waals surface area contributed by atoms with E-state index < -0.39 is 5.82 Å². The van der Waals surface area contributed by atoms with Crippen molar-refractivity contribution < 1.29 is 9.18 Å². The van der Waals surface area contributed by atoms with Crippen LogP contribution in [0, 0.1) is 5.82 Å². The third kappa shape index (κ3) is 2.91. The smallest absolute Gasteiger partial charge is 0.194 e. The molecule has 1 N–H and O–H groups in total. The van der Waals surface area contributed by atoms with Gasteiger partial charge in [-0.1, -0.05) is 54.1 Å². The van der Waals surface area contributed by atoms with E-state index in [0.717, 1.165) is 11.3 Å². The number of anilines is 1. The number of halogens is 2. The molecule has 1 unspecified atom stereocenters. The van der Waals surface area contributed by atoms with Crippen LogP contribution in [0.2, 0.25) is 5.02 Å². The number of benzene rings is 3. The molecule has 128 valence electrons. The van der Waals surface area contributed by atoms with E-state index in [0.29, 0.717) is 16.2 Å². The van der Waals surface area contributed by atoms with Gasteiger partial charge in [0.25, 0.3) is 0 Å². The number of carbonyl (C=O) groups is 1. The fraction of sp³-hybridized carbons (Fsp3) is 0.0455. The van der Waals surface area contributed by atoms with E-state index >= 15 is 0 Å². The van der Waals surface area contributed by atoms with Gasteiger partial charge in [0.05, 0.1) is 5.56 Å². The van der Waals surface area contributed by atoms with Crippen molar-refractivity contribution in [1.29, 1.82) is 0 Å². The number of fused-ring (bicyclic) bond motifs is 1. The fourth-order valence-corrected chi connectivity index (χ4v) is 3.45. The molecule has 0 aliphatic heterocycles. The summed E-state index contributed by atoms with van der Waals surface area (Å²) in [4.78, 5) is 12.9. The van der Waals surface area contributed by atoms with Gasteiger partial charge in [-0.05, 0) is 41.5 Å². The van der Waals surface area contributed by atoms with Gasteiger partial charge < -0.3 is 5.32 Å². The van der Waals surface area contributed by atoms with Crippen LogP contribution < -0.4 is 5.32 Å². The Morgan fingerprint density at radius 1 is 0.923 bits per heavy atom. The van der Waals surface area contributed by atoms with Gasteiger partial charge in [0.2, 0.25) is 0 Å². The summed E-state index contributed by atoms with van der Waals surface area (Å²) in [5.41, 5.74) is 3.13. The monoisotopic (exact) mass is 363 g/mol. The van der Waals surface area contributed by atoms with E-state index in [9.17, 15) is 9.18 Å². The number of hydrogen-bond donors (Lipinski definition) is 1. The minimum absolute atomic E-state index is 0.158. The molecule has 0 saturated carbocycles. The van der Waals surface area contributed by atoms with Crippen molar-refractivity contribution in [3.05, 3.63) is 112 Å². The Kier molecular flexibility index (Phi) is 4.31. The van der Waals surface area contributed by atoms with Gasteiger partial charge in [0.1, 0.15) is 5.82 Å². The van der Waals surface area contributed by atoms with Crippen molar-refractivity contribution in [2.75, 3.05) is 5.32 Å². The lowest BCUT2D eigenvalue weighted by atomic mass is 9.90. The molecule has 1 atom stereocenters. The SMILES string of the molecule is O=C1/C(=C/Nc2ccc(Cl)cc2)C(c2ccccc2)c2cccc(F)c21. The Hall–Kier alpha value is -2.91. The molecule has 2 nitrogen and oxygen atoms in total. The van der Waals surface area contributed by atoms with E-state index in [-0.39, 0.29) is 17.3 Å². The van der Waals surface area contributed by atoms with Crippen LogP contribution in [0.5, 0.6) is 0 Å². The van der Waals surface area contributed by atoms with Crippen LogP contribution >= 0.6 is 11.6 Å². The molecule has 0 spiro atoms. The molecule has 1 aliphatic rings. The van der Waals surface area contributed by atoms with E-state index in [1.54, 1.807) is 24.4 Å². The number of rotatable bonds is 3. The third-order valence-corrected chi connectivity index (χ3v) is 4.78. The first-order valence-electron chi connectivity index (χ1n) is 8.25. The second kappa shape index (κ2) is 6.77. The Balaban J connectivity index is 1.79. The molecule has 0 heterocycles. The minimum Gasteiger partial charge on any atom is -0.361 e. The van der Waals surface area contributed by atoms with Crippen LogP contribution in [0.4, 0.5) is 10.1 Å². The topological polar surface area (TPSA) is 29.1 Å². The van der Waals surface area contributed by atoms with Crippen molar-refractivity contribution in [1.82, 2.24) is 0 Å². The summed E-state index contributed by atoms with van der Waals surface area (Å²) in [5, 5.41) is 3.77. The maximum atomic E-state index is 14.3. The Morgan fingerprint density at radius 3 is 2.38 bits per heavy atom. The number of allylic oxidation sites excluding steroid dienone is 1. The average Bonchev–Trinajstić information content (AvgIpc) is 2.95. The molecule has 0 radical (unpaired) electrons. The molecule has 3 aromatic rings. The van der Waals surface area contributed by atoms with E-state index in [4.69, 9.17) is 11.6 Å². The van der Waals surface area contributed by atoms with Gasteiger partial charge in [-0.25, -0.2) is 4.39 Å². The summed E-state index contributed by atoms with van der Waals surface area (Å²) in [7, 11) is 0. The lowest BCUT2D eigenvalue weighted by Gasteiger charge is -2.14. The Bertz CT molecular complexity index is 996. The summed E-state index contributed by atoms with van der Waals surface area (Å²) in [5.74, 6) is -1.06. The van der Waals surface area contributed by atoms with Gasteiger partial charge in [-0.15, -0.1) is 0 Å². The largest absolute Gasteiger partial charge is 0.361 e. The zero-order valence-electron chi connectivity index (χ0n) is 13.7. The van der Waals surface area contributed by atoms with Crippen molar-refractivity contribution in [3.8, 4) is 0 Å². The average molecular weight is 364 g/mol. The van der Waals surface area contributed by atoms with Gasteiger partial charge in [-0.2, -0.15) is 0 Å². The normalized spacial score (nSPS) is 17.4. The second-order valence-corrected chi connectivity index (χ2v) is 6.56. The molecule has 0 aromatic heterocycles. The predicted octanol–water partition coefficient (Wildman–Crippen LogP) is 5.80. The van der Waals surface area contributed by atoms with Crippen LogP contribution in [0.25, 0.3) is 0 Å². The zero-order valence-corrected chi connectivity index (χ0v) is 14.5. The Labute approximate surface area is 155 Å². The summed E-state index contributed by atoms with van der Waals surface area (Å²) < 4.78 is 14.3. The number of carbonyl (C=O) groups excluding carboxylic acids is 1. The van der Waals surface area contributed by atoms with Gasteiger partial charge in [0.15, 0.2) is 5.78 Å². The van der Waals surface area contributed by atoms with Crippen LogP contribution in [-0.2, 0) is 0 Å². The molecule has 4 rings (SSSR count). The van der Waals surface area contributed by atoms with E-state index in [2.05, 4.69) is 5.32 Å². The summed E-state index contributed by atoms with van der Waals surface area (Å²) in [6.45, 7) is 0. The van der Waals surface area contributed by atoms with Gasteiger partial charge in [-0.3, -0.25) is 4.79 Å². The van der Waals surface area contributed by atoms with E-state index in [1.807, 2.05) is 48.5 Å². The third-order valence-electron chi connectivity index (χ3n) is 4.53. The molecular weight excluding hydrogens is 349 g/mol. The van der Waals surface area contributed by atoms with Crippen LogP contribution in [-0.4, -0.2) is 5.78 Å². The summed E-state index contributed by atoms with van der Waals surface area (Å²) in [6.07, 6.45) is 1.67. The maximum Gasteiger partial charge on any atom is 0.194 e. The summed E-state index contributed by atoms with van der Waals surface area (Å²) >= 11 is 5.90. The highest BCUT2D eigenvalue weighted by molar-refractivity contribution is 6.30. The van der Waals surface area contributed by atoms with Crippen LogP contribution in [0.15, 0.2) is 84.6 Å². The van der Waals surface area contributed by atoms with E-state index in [1.165, 1.54) is 6.07 Å². The molecule has 0 saturated heterocycles. The first kappa shape index (κ1) is 16.6. The molecule has 1 aliphatic carbocycles. The standard InChI is InChI=1S/C22H15ClFNO/c23-15-9-11-16(12-10-15)25-13-18-20(14-5-2-1-3-6-14)17-7-4-8-19(24)21(17)22(18)26/h1-13,20,25H/b18-13+. The van der Waals surface area contributed by atoms with Crippen molar-refractivity contribution in [3.63, 3.8) is 0 Å². The molecule has 0 amide bonds. The van der Waals surface area contributed by atoms with Crippen molar-refractivity contribution in [2.45, 2.75) is 5.92 Å². The lowest BCUT2D eigenvalue weighted by Crippen LogP contribution is -2.05. The molecule has 0 fully saturated rings. The molecule has 0 bridgehead atoms. The van der Waals surface area contributed by atoms with Crippen molar-refractivity contribution in [2.24, 2.45) is 0 Å². The number of Topliss-reactive ketones (excluding diaryl/α,β-unsaturated/α-hetero) is 1. The Morgan fingerprint density at radius 2 is 1.65 bits per heavy atom. The number of nitrogens with one attached hydrogen (secondary N) is 1. The number of ketones is 1. The summed E-state index contributed by atoms with van der Waals surface area (Å²) in [6, 6.07) is 21.6. The number of hydrogen-bond acceptors (Lipinski definition) is 2. The quantitative estimate of drug-likeness (QED) is 0.595. The van der Waals surface area contributed by atoms with Gasteiger partial charge >= 0.3 is 0 Å². The van der Waals surface area contributed by atoms with Crippen LogP contribution in [0.3, 0.4) is 0 Å². The molecular formula is C22H15ClFNO. The van der Waals surface area contributed by atoms with Gasteiger partial charge in [0, 0.05) is 28.4 Å². The predicted molar refractivity (Wildman–Crippen MR) is 102 cm³/mol. The van der Waals surface area contributed by atoms with Crippen molar-refractivity contribution >= 4 is 23.1 Å². The lowest BCUT2D eigenvalue weighted by molar-refractivity contribution is 0.103. The molecule has 26 heavy (non-hydrogen) atoms. The molecule has 4 heteroatoms. The maximum absolute atomic E-state index is 14.3.